The summed E-state index contributed by atoms with van der Waals surface area (Å²) >= 11 is 0. The number of para-hydroxylation sites is 1. The quantitative estimate of drug-likeness (QED) is 0.831. The number of epoxide rings is 2. The first-order valence-electron chi connectivity index (χ1n) is 6.41. The van der Waals surface area contributed by atoms with Crippen LogP contribution < -0.4 is 10.3 Å². The molecule has 2 saturated heterocycles. The Kier molecular flexibility index (Phi) is 3.98. The molecule has 1 aromatic rings. The van der Waals surface area contributed by atoms with Crippen LogP contribution in [-0.4, -0.2) is 38.6 Å². The number of hydroxylamine groups is 1. The van der Waals surface area contributed by atoms with Gasteiger partial charge < -0.3 is 19.0 Å². The van der Waals surface area contributed by atoms with Gasteiger partial charge in [-0.25, -0.2) is 5.48 Å². The molecule has 0 bridgehead atoms. The number of rotatable bonds is 4. The molecule has 0 spiro atoms. The van der Waals surface area contributed by atoms with Gasteiger partial charge >= 0.3 is 0 Å². The predicted molar refractivity (Wildman–Crippen MR) is 69.5 cm³/mol. The molecule has 2 atom stereocenters. The molecular weight excluding hydrogens is 246 g/mol. The van der Waals surface area contributed by atoms with Crippen molar-refractivity contribution >= 4 is 6.08 Å². The monoisotopic (exact) mass is 263 g/mol. The van der Waals surface area contributed by atoms with Gasteiger partial charge in [-0.05, 0) is 12.1 Å². The summed E-state index contributed by atoms with van der Waals surface area (Å²) in [5, 5.41) is 0. The Balaban J connectivity index is 0.000000117. The number of fused-ring (bicyclic) bond motifs is 1. The van der Waals surface area contributed by atoms with Crippen LogP contribution in [0.2, 0.25) is 0 Å². The van der Waals surface area contributed by atoms with Gasteiger partial charge in [-0.1, -0.05) is 18.2 Å². The van der Waals surface area contributed by atoms with E-state index in [1.165, 1.54) is 0 Å². The van der Waals surface area contributed by atoms with Gasteiger partial charge in [0.25, 0.3) is 0 Å². The smallest absolute Gasteiger partial charge is 0.162 e. The third-order valence-corrected chi connectivity index (χ3v) is 2.83. The van der Waals surface area contributed by atoms with E-state index in [1.54, 1.807) is 6.20 Å². The molecule has 4 rings (SSSR count). The first-order valence-corrected chi connectivity index (χ1v) is 6.41. The number of hydrogen-bond acceptors (Lipinski definition) is 5. The molecule has 0 amide bonds. The van der Waals surface area contributed by atoms with Crippen LogP contribution in [0.1, 0.15) is 5.56 Å². The van der Waals surface area contributed by atoms with Crippen molar-refractivity contribution in [3.63, 3.8) is 0 Å². The van der Waals surface area contributed by atoms with Crippen LogP contribution >= 0.6 is 0 Å². The largest absolute Gasteiger partial charge is 0.382 e. The molecule has 0 saturated carbocycles. The molecule has 0 aromatic heterocycles. The van der Waals surface area contributed by atoms with E-state index in [0.717, 1.165) is 37.7 Å². The Bertz CT molecular complexity index is 429. The molecule has 1 aromatic carbocycles. The molecular formula is C14H17NO4. The van der Waals surface area contributed by atoms with Crippen LogP contribution in [0.3, 0.4) is 0 Å². The number of nitrogens with one attached hydrogen (secondary N) is 1. The van der Waals surface area contributed by atoms with E-state index in [4.69, 9.17) is 19.0 Å². The summed E-state index contributed by atoms with van der Waals surface area (Å²) in [5.41, 5.74) is 3.77. The molecule has 102 valence electrons. The summed E-state index contributed by atoms with van der Waals surface area (Å²) in [6, 6.07) is 7.86. The molecule has 2 fully saturated rings. The van der Waals surface area contributed by atoms with Crippen molar-refractivity contribution < 1.29 is 19.0 Å². The maximum absolute atomic E-state index is 5.23. The fourth-order valence-electron chi connectivity index (χ4n) is 1.59. The van der Waals surface area contributed by atoms with Gasteiger partial charge in [0.1, 0.15) is 12.2 Å². The minimum Gasteiger partial charge on any atom is -0.382 e. The molecule has 0 aliphatic carbocycles. The highest BCUT2D eigenvalue weighted by atomic mass is 16.6. The fourth-order valence-corrected chi connectivity index (χ4v) is 1.59. The molecule has 5 nitrogen and oxygen atoms in total. The minimum absolute atomic E-state index is 0.392. The van der Waals surface area contributed by atoms with Gasteiger partial charge in [0, 0.05) is 11.8 Å². The molecule has 3 aliphatic rings. The molecule has 1 N–H and O–H groups in total. The Morgan fingerprint density at radius 1 is 1.11 bits per heavy atom. The van der Waals surface area contributed by atoms with Gasteiger partial charge in [-0.2, -0.15) is 0 Å². The second-order valence-electron chi connectivity index (χ2n) is 4.54. The molecule has 19 heavy (non-hydrogen) atoms. The van der Waals surface area contributed by atoms with Crippen molar-refractivity contribution in [2.24, 2.45) is 0 Å². The lowest BCUT2D eigenvalue weighted by molar-refractivity contribution is 0.102. The summed E-state index contributed by atoms with van der Waals surface area (Å²) < 4.78 is 15.1. The zero-order chi connectivity index (χ0) is 12.9. The third kappa shape index (κ3) is 4.24. The average molecular weight is 263 g/mol. The summed E-state index contributed by atoms with van der Waals surface area (Å²) in [6.07, 6.45) is 4.52. The van der Waals surface area contributed by atoms with Crippen LogP contribution in [0, 0.1) is 0 Å². The first-order chi connectivity index (χ1) is 9.42. The summed E-state index contributed by atoms with van der Waals surface area (Å²) in [5.74, 6) is 0.880. The van der Waals surface area contributed by atoms with Crippen molar-refractivity contribution in [1.82, 2.24) is 5.48 Å². The van der Waals surface area contributed by atoms with Crippen LogP contribution in [0.15, 0.2) is 30.5 Å². The maximum atomic E-state index is 5.23. The van der Waals surface area contributed by atoms with Gasteiger partial charge in [0.2, 0.25) is 0 Å². The average Bonchev–Trinajstić information content (AvgIpc) is 3.35. The summed E-state index contributed by atoms with van der Waals surface area (Å²) in [4.78, 5) is 5.09. The number of ether oxygens (including phenoxy) is 3. The standard InChI is InChI=1S/C8H7NO.C6H10O3/c1-2-4-8-7(3-1)5-6-9-10-8;1(5-3-8-5)7-2-6-4-9-6/h1-6,9H;5-6H,1-4H2. The van der Waals surface area contributed by atoms with Crippen molar-refractivity contribution in [3.8, 4) is 5.75 Å². The van der Waals surface area contributed by atoms with Crippen LogP contribution in [0.25, 0.3) is 6.08 Å². The highest BCUT2D eigenvalue weighted by Gasteiger charge is 2.26. The molecule has 0 radical (unpaired) electrons. The van der Waals surface area contributed by atoms with Gasteiger partial charge in [-0.3, -0.25) is 0 Å². The van der Waals surface area contributed by atoms with E-state index in [2.05, 4.69) is 5.48 Å². The van der Waals surface area contributed by atoms with E-state index >= 15 is 0 Å². The highest BCUT2D eigenvalue weighted by Crippen LogP contribution is 2.20. The highest BCUT2D eigenvalue weighted by molar-refractivity contribution is 5.57. The Hall–Kier alpha value is -1.56. The normalized spacial score (nSPS) is 25.3. The zero-order valence-electron chi connectivity index (χ0n) is 10.6. The SMILES string of the molecule is C(OCC1CO1)C1CO1.C1=Cc2ccccc2ON1. The predicted octanol–water partition coefficient (Wildman–Crippen LogP) is 1.35. The Morgan fingerprint density at radius 3 is 2.42 bits per heavy atom. The van der Waals surface area contributed by atoms with E-state index in [-0.39, 0.29) is 0 Å². The van der Waals surface area contributed by atoms with Crippen molar-refractivity contribution in [2.45, 2.75) is 12.2 Å². The zero-order valence-corrected chi connectivity index (χ0v) is 10.6. The fraction of sp³-hybridized carbons (Fsp3) is 0.429. The van der Waals surface area contributed by atoms with E-state index in [9.17, 15) is 0 Å². The maximum Gasteiger partial charge on any atom is 0.162 e. The van der Waals surface area contributed by atoms with Gasteiger partial charge in [0.05, 0.1) is 26.4 Å². The lowest BCUT2D eigenvalue weighted by atomic mass is 10.2. The second kappa shape index (κ2) is 6.06. The molecule has 5 heteroatoms. The van der Waals surface area contributed by atoms with Crippen molar-refractivity contribution in [2.75, 3.05) is 26.4 Å². The van der Waals surface area contributed by atoms with E-state index in [0.29, 0.717) is 12.2 Å². The lowest BCUT2D eigenvalue weighted by Crippen LogP contribution is -2.13. The van der Waals surface area contributed by atoms with Crippen LogP contribution in [-0.2, 0) is 14.2 Å². The number of hydrogen-bond donors (Lipinski definition) is 1. The lowest BCUT2D eigenvalue weighted by Gasteiger charge is -2.11. The van der Waals surface area contributed by atoms with E-state index < -0.39 is 0 Å². The molecule has 2 unspecified atom stereocenters. The third-order valence-electron chi connectivity index (χ3n) is 2.83. The second-order valence-corrected chi connectivity index (χ2v) is 4.54. The van der Waals surface area contributed by atoms with Gasteiger partial charge in [0.15, 0.2) is 5.75 Å². The topological polar surface area (TPSA) is 55.5 Å². The van der Waals surface area contributed by atoms with Crippen LogP contribution in [0.4, 0.5) is 0 Å². The Labute approximate surface area is 112 Å². The van der Waals surface area contributed by atoms with Crippen molar-refractivity contribution in [1.29, 1.82) is 0 Å². The van der Waals surface area contributed by atoms with Crippen LogP contribution in [0.5, 0.6) is 5.75 Å². The minimum atomic E-state index is 0.392. The number of benzene rings is 1. The van der Waals surface area contributed by atoms with E-state index in [1.807, 2.05) is 30.3 Å². The molecule has 3 aliphatic heterocycles. The summed E-state index contributed by atoms with van der Waals surface area (Å²) in [6.45, 7) is 3.26. The van der Waals surface area contributed by atoms with Crippen molar-refractivity contribution in [3.05, 3.63) is 36.0 Å². The molecule has 3 heterocycles. The Morgan fingerprint density at radius 2 is 1.79 bits per heavy atom. The first kappa shape index (κ1) is 12.5. The van der Waals surface area contributed by atoms with Gasteiger partial charge in [-0.15, -0.1) is 0 Å². The summed E-state index contributed by atoms with van der Waals surface area (Å²) in [7, 11) is 0.